The fourth-order valence-corrected chi connectivity index (χ4v) is 2.67. The number of rotatable bonds is 9. The molecule has 0 aromatic carbocycles. The number of halogens is 1. The van der Waals surface area contributed by atoms with E-state index in [2.05, 4.69) is 39.5 Å². The molecule has 0 aliphatic rings. The fourth-order valence-electron chi connectivity index (χ4n) is 2.34. The van der Waals surface area contributed by atoms with Crippen LogP contribution >= 0.6 is 15.9 Å². The standard InChI is InChI=1S/C18H21BrN4O3/c1-4-8-22(9-5-2)18(25)13(3)21-17(24)16-7-6-15(26-16)12-23-11-14(19)10-20-23/h4-7,10-11,13H,1-2,8-9,12H2,3H3,(H,21,24). The van der Waals surface area contributed by atoms with E-state index in [1.807, 2.05) is 0 Å². The molecule has 2 heterocycles. The minimum Gasteiger partial charge on any atom is -0.454 e. The SMILES string of the molecule is C=CCN(CC=C)C(=O)C(C)NC(=O)c1ccc(Cn2cc(Br)cn2)o1. The predicted molar refractivity (Wildman–Crippen MR) is 102 cm³/mol. The lowest BCUT2D eigenvalue weighted by Gasteiger charge is -2.23. The van der Waals surface area contributed by atoms with Crippen molar-refractivity contribution in [1.29, 1.82) is 0 Å². The van der Waals surface area contributed by atoms with Crippen molar-refractivity contribution < 1.29 is 14.0 Å². The van der Waals surface area contributed by atoms with E-state index in [0.717, 1.165) is 4.47 Å². The van der Waals surface area contributed by atoms with Gasteiger partial charge in [0, 0.05) is 19.3 Å². The monoisotopic (exact) mass is 420 g/mol. The second-order valence-corrected chi connectivity index (χ2v) is 6.55. The molecule has 0 saturated heterocycles. The zero-order valence-electron chi connectivity index (χ0n) is 14.5. The highest BCUT2D eigenvalue weighted by Crippen LogP contribution is 2.12. The highest BCUT2D eigenvalue weighted by molar-refractivity contribution is 9.10. The number of carbonyl (C=O) groups is 2. The molecule has 1 unspecified atom stereocenters. The van der Waals surface area contributed by atoms with Crippen molar-refractivity contribution in [3.05, 3.63) is 65.8 Å². The van der Waals surface area contributed by atoms with E-state index >= 15 is 0 Å². The summed E-state index contributed by atoms with van der Waals surface area (Å²) in [6, 6.07) is 2.59. The third-order valence-corrected chi connectivity index (χ3v) is 3.94. The van der Waals surface area contributed by atoms with Crippen LogP contribution < -0.4 is 5.32 Å². The maximum atomic E-state index is 12.4. The summed E-state index contributed by atoms with van der Waals surface area (Å²) >= 11 is 3.32. The quantitative estimate of drug-likeness (QED) is 0.632. The average Bonchev–Trinajstić information content (AvgIpc) is 3.23. The van der Waals surface area contributed by atoms with Crippen LogP contribution in [0, 0.1) is 0 Å². The summed E-state index contributed by atoms with van der Waals surface area (Å²) in [5.41, 5.74) is 0. The van der Waals surface area contributed by atoms with Crippen molar-refractivity contribution in [2.75, 3.05) is 13.1 Å². The Morgan fingerprint density at radius 2 is 2.08 bits per heavy atom. The summed E-state index contributed by atoms with van der Waals surface area (Å²) in [7, 11) is 0. The van der Waals surface area contributed by atoms with E-state index in [9.17, 15) is 9.59 Å². The first-order valence-electron chi connectivity index (χ1n) is 8.02. The van der Waals surface area contributed by atoms with Crippen molar-refractivity contribution in [2.24, 2.45) is 0 Å². The van der Waals surface area contributed by atoms with Gasteiger partial charge in [0.05, 0.1) is 17.2 Å². The van der Waals surface area contributed by atoms with Crippen LogP contribution in [0.25, 0.3) is 0 Å². The van der Waals surface area contributed by atoms with Crippen LogP contribution in [-0.2, 0) is 11.3 Å². The van der Waals surface area contributed by atoms with Crippen molar-refractivity contribution in [3.8, 4) is 0 Å². The molecule has 0 aliphatic heterocycles. The summed E-state index contributed by atoms with van der Waals surface area (Å²) in [5.74, 6) is 0.0664. The van der Waals surface area contributed by atoms with Crippen molar-refractivity contribution in [2.45, 2.75) is 19.5 Å². The summed E-state index contributed by atoms with van der Waals surface area (Å²) < 4.78 is 8.09. The van der Waals surface area contributed by atoms with Crippen LogP contribution in [0.1, 0.15) is 23.2 Å². The molecule has 0 fully saturated rings. The third kappa shape index (κ3) is 5.19. The molecule has 0 saturated carbocycles. The van der Waals surface area contributed by atoms with Crippen LogP contribution in [0.3, 0.4) is 0 Å². The van der Waals surface area contributed by atoms with Crippen LogP contribution in [0.5, 0.6) is 0 Å². The Hall–Kier alpha value is -2.61. The zero-order valence-corrected chi connectivity index (χ0v) is 16.1. The van der Waals surface area contributed by atoms with Gasteiger partial charge in [-0.15, -0.1) is 13.2 Å². The van der Waals surface area contributed by atoms with E-state index in [1.165, 1.54) is 0 Å². The Labute approximate surface area is 160 Å². The van der Waals surface area contributed by atoms with E-state index in [0.29, 0.717) is 25.4 Å². The molecule has 0 spiro atoms. The largest absolute Gasteiger partial charge is 0.454 e. The fraction of sp³-hybridized carbons (Fsp3) is 0.278. The normalized spacial score (nSPS) is 11.6. The zero-order chi connectivity index (χ0) is 19.1. The number of nitrogens with one attached hydrogen (secondary N) is 1. The van der Waals surface area contributed by atoms with Gasteiger partial charge < -0.3 is 14.6 Å². The Bertz CT molecular complexity index is 786. The lowest BCUT2D eigenvalue weighted by molar-refractivity contribution is -0.131. The van der Waals surface area contributed by atoms with Crippen LogP contribution in [0.4, 0.5) is 0 Å². The van der Waals surface area contributed by atoms with Gasteiger partial charge in [-0.3, -0.25) is 14.3 Å². The molecule has 7 nitrogen and oxygen atoms in total. The summed E-state index contributed by atoms with van der Waals surface area (Å²) in [6.45, 7) is 10.1. The Balaban J connectivity index is 1.97. The summed E-state index contributed by atoms with van der Waals surface area (Å²) in [6.07, 6.45) is 6.73. The average molecular weight is 421 g/mol. The van der Waals surface area contributed by atoms with Gasteiger partial charge in [0.2, 0.25) is 5.91 Å². The molecule has 2 amide bonds. The summed E-state index contributed by atoms with van der Waals surface area (Å²) in [5, 5.41) is 6.79. The first-order chi connectivity index (χ1) is 12.4. The number of amides is 2. The minimum atomic E-state index is -0.696. The number of aromatic nitrogens is 2. The molecular weight excluding hydrogens is 400 g/mol. The topological polar surface area (TPSA) is 80.4 Å². The first kappa shape index (κ1) is 19.7. The van der Waals surface area contributed by atoms with E-state index in [1.54, 1.807) is 53.2 Å². The van der Waals surface area contributed by atoms with Gasteiger partial charge in [-0.25, -0.2) is 0 Å². The number of carbonyl (C=O) groups excluding carboxylic acids is 2. The number of hydrogen-bond donors (Lipinski definition) is 1. The predicted octanol–water partition coefficient (Wildman–Crippen LogP) is 2.61. The van der Waals surface area contributed by atoms with Gasteiger partial charge in [-0.1, -0.05) is 12.2 Å². The molecule has 1 N–H and O–H groups in total. The first-order valence-corrected chi connectivity index (χ1v) is 8.82. The molecule has 0 aliphatic carbocycles. The third-order valence-electron chi connectivity index (χ3n) is 3.53. The molecule has 2 rings (SSSR count). The number of nitrogens with zero attached hydrogens (tertiary/aromatic N) is 3. The Morgan fingerprint density at radius 1 is 1.38 bits per heavy atom. The molecule has 2 aromatic rings. The van der Waals surface area contributed by atoms with Crippen LogP contribution in [0.15, 0.2) is 58.7 Å². The summed E-state index contributed by atoms with van der Waals surface area (Å²) in [4.78, 5) is 26.3. The van der Waals surface area contributed by atoms with Gasteiger partial charge >= 0.3 is 0 Å². The lowest BCUT2D eigenvalue weighted by atomic mass is 10.2. The maximum absolute atomic E-state index is 12.4. The van der Waals surface area contributed by atoms with Crippen LogP contribution in [0.2, 0.25) is 0 Å². The van der Waals surface area contributed by atoms with Gasteiger partial charge in [0.1, 0.15) is 11.8 Å². The molecule has 2 aromatic heterocycles. The van der Waals surface area contributed by atoms with Gasteiger partial charge in [-0.05, 0) is 35.0 Å². The van der Waals surface area contributed by atoms with Gasteiger partial charge in [0.25, 0.3) is 5.91 Å². The Kier molecular flexibility index (Phi) is 6.97. The van der Waals surface area contributed by atoms with Crippen molar-refractivity contribution in [3.63, 3.8) is 0 Å². The van der Waals surface area contributed by atoms with E-state index in [4.69, 9.17) is 4.42 Å². The molecule has 1 atom stereocenters. The lowest BCUT2D eigenvalue weighted by Crippen LogP contribution is -2.47. The molecule has 0 radical (unpaired) electrons. The maximum Gasteiger partial charge on any atom is 0.287 e. The highest BCUT2D eigenvalue weighted by Gasteiger charge is 2.22. The van der Waals surface area contributed by atoms with Crippen molar-refractivity contribution >= 4 is 27.7 Å². The van der Waals surface area contributed by atoms with Crippen LogP contribution in [-0.4, -0.2) is 45.6 Å². The van der Waals surface area contributed by atoms with E-state index in [-0.39, 0.29) is 11.7 Å². The second-order valence-electron chi connectivity index (χ2n) is 5.64. The highest BCUT2D eigenvalue weighted by atomic mass is 79.9. The van der Waals surface area contributed by atoms with Gasteiger partial charge in [-0.2, -0.15) is 5.10 Å². The molecule has 0 bridgehead atoms. The van der Waals surface area contributed by atoms with Gasteiger partial charge in [0.15, 0.2) is 5.76 Å². The molecular formula is C18H21BrN4O3. The smallest absolute Gasteiger partial charge is 0.287 e. The molecule has 138 valence electrons. The Morgan fingerprint density at radius 3 is 2.65 bits per heavy atom. The van der Waals surface area contributed by atoms with Crippen molar-refractivity contribution in [1.82, 2.24) is 20.0 Å². The molecule has 8 heteroatoms. The number of furan rings is 1. The second kappa shape index (κ2) is 9.19. The van der Waals surface area contributed by atoms with E-state index < -0.39 is 11.9 Å². The molecule has 26 heavy (non-hydrogen) atoms. The minimum absolute atomic E-state index is 0.143. The number of hydrogen-bond acceptors (Lipinski definition) is 4.